The molecular weight excluding hydrogens is 274 g/mol. The molecule has 3 nitrogen and oxygen atoms in total. The smallest absolute Gasteiger partial charge is 0.123 e. The molecule has 0 bridgehead atoms. The Bertz CT molecular complexity index is 608. The molecule has 0 amide bonds. The highest BCUT2D eigenvalue weighted by atomic mass is 16.5. The molecule has 0 heterocycles. The molecule has 0 aromatic heterocycles. The first-order valence-corrected chi connectivity index (χ1v) is 7.38. The van der Waals surface area contributed by atoms with Crippen molar-refractivity contribution in [3.63, 3.8) is 0 Å². The summed E-state index contributed by atoms with van der Waals surface area (Å²) in [6, 6.07) is 14.6. The van der Waals surface area contributed by atoms with Gasteiger partial charge in [0.05, 0.1) is 14.2 Å². The second-order valence-corrected chi connectivity index (χ2v) is 5.40. The number of benzene rings is 2. The summed E-state index contributed by atoms with van der Waals surface area (Å²) in [6.45, 7) is 4.26. The fourth-order valence-electron chi connectivity index (χ4n) is 2.14. The lowest BCUT2D eigenvalue weighted by Gasteiger charge is -2.09. The predicted octanol–water partition coefficient (Wildman–Crippen LogP) is 4.69. The number of anilines is 1. The molecule has 22 heavy (non-hydrogen) atoms. The van der Waals surface area contributed by atoms with Crippen LogP contribution in [0.1, 0.15) is 25.0 Å². The van der Waals surface area contributed by atoms with Gasteiger partial charge >= 0.3 is 0 Å². The zero-order chi connectivity index (χ0) is 15.9. The summed E-state index contributed by atoms with van der Waals surface area (Å²) in [6.07, 6.45) is 4.13. The molecule has 0 unspecified atom stereocenters. The molecule has 0 aliphatic heterocycles. The lowest BCUT2D eigenvalue weighted by Crippen LogP contribution is -2.09. The van der Waals surface area contributed by atoms with Crippen LogP contribution in [0.15, 0.2) is 42.5 Å². The number of hydrogen-bond donors (Lipinski definition) is 1. The second-order valence-electron chi connectivity index (χ2n) is 5.40. The second kappa shape index (κ2) is 7.55. The van der Waals surface area contributed by atoms with Crippen LogP contribution in [0.2, 0.25) is 0 Å². The SMILES string of the molecule is COc1cc(/C=C/c2ccc(NC(C)C)cc2)cc(OC)c1. The minimum absolute atomic E-state index is 0.436. The maximum absolute atomic E-state index is 5.28. The lowest BCUT2D eigenvalue weighted by molar-refractivity contribution is 0.394. The van der Waals surface area contributed by atoms with Crippen molar-refractivity contribution in [3.8, 4) is 11.5 Å². The Morgan fingerprint density at radius 3 is 1.86 bits per heavy atom. The predicted molar refractivity (Wildman–Crippen MR) is 93.7 cm³/mol. The molecule has 0 radical (unpaired) electrons. The van der Waals surface area contributed by atoms with Gasteiger partial charge in [-0.3, -0.25) is 0 Å². The maximum atomic E-state index is 5.28. The van der Waals surface area contributed by atoms with Gasteiger partial charge in [-0.05, 0) is 49.2 Å². The van der Waals surface area contributed by atoms with Crippen molar-refractivity contribution in [3.05, 3.63) is 53.6 Å². The Morgan fingerprint density at radius 2 is 1.36 bits per heavy atom. The van der Waals surface area contributed by atoms with Gasteiger partial charge in [-0.2, -0.15) is 0 Å². The van der Waals surface area contributed by atoms with Crippen molar-refractivity contribution in [2.24, 2.45) is 0 Å². The molecule has 0 saturated heterocycles. The van der Waals surface area contributed by atoms with Crippen LogP contribution in [0.25, 0.3) is 12.2 Å². The Hall–Kier alpha value is -2.42. The van der Waals surface area contributed by atoms with E-state index in [-0.39, 0.29) is 0 Å². The summed E-state index contributed by atoms with van der Waals surface area (Å²) in [7, 11) is 3.31. The quantitative estimate of drug-likeness (QED) is 0.784. The van der Waals surface area contributed by atoms with Crippen molar-refractivity contribution in [1.82, 2.24) is 0 Å². The third-order valence-corrected chi connectivity index (χ3v) is 3.21. The van der Waals surface area contributed by atoms with Gasteiger partial charge in [0.2, 0.25) is 0 Å². The van der Waals surface area contributed by atoms with Gasteiger partial charge in [-0.15, -0.1) is 0 Å². The number of ether oxygens (including phenoxy) is 2. The molecule has 2 aromatic carbocycles. The van der Waals surface area contributed by atoms with Crippen molar-refractivity contribution < 1.29 is 9.47 Å². The third-order valence-electron chi connectivity index (χ3n) is 3.21. The van der Waals surface area contributed by atoms with E-state index in [0.29, 0.717) is 6.04 Å². The van der Waals surface area contributed by atoms with Crippen LogP contribution in [0.3, 0.4) is 0 Å². The molecule has 3 heteroatoms. The van der Waals surface area contributed by atoms with Gasteiger partial charge in [-0.25, -0.2) is 0 Å². The molecule has 1 N–H and O–H groups in total. The van der Waals surface area contributed by atoms with Crippen LogP contribution >= 0.6 is 0 Å². The standard InChI is InChI=1S/C19H23NO2/c1-14(2)20-17-9-7-15(8-10-17)5-6-16-11-18(21-3)13-19(12-16)22-4/h5-14,20H,1-4H3/b6-5+. The number of hydrogen-bond acceptors (Lipinski definition) is 3. The molecule has 0 fully saturated rings. The molecule has 0 atom stereocenters. The summed E-state index contributed by atoms with van der Waals surface area (Å²) in [5.74, 6) is 1.57. The van der Waals surface area contributed by atoms with Crippen LogP contribution in [-0.4, -0.2) is 20.3 Å². The Labute approximate surface area is 132 Å². The summed E-state index contributed by atoms with van der Waals surface area (Å²) in [4.78, 5) is 0. The highest BCUT2D eigenvalue weighted by molar-refractivity contribution is 5.71. The molecule has 2 aromatic rings. The van der Waals surface area contributed by atoms with Crippen molar-refractivity contribution in [2.45, 2.75) is 19.9 Å². The topological polar surface area (TPSA) is 30.5 Å². The lowest BCUT2D eigenvalue weighted by atomic mass is 10.1. The first-order valence-electron chi connectivity index (χ1n) is 7.38. The molecule has 0 saturated carbocycles. The van der Waals surface area contributed by atoms with Crippen LogP contribution in [-0.2, 0) is 0 Å². The van der Waals surface area contributed by atoms with E-state index in [1.807, 2.05) is 18.2 Å². The summed E-state index contributed by atoms with van der Waals surface area (Å²) < 4.78 is 10.6. The molecule has 2 rings (SSSR count). The van der Waals surface area contributed by atoms with Crippen molar-refractivity contribution >= 4 is 17.8 Å². The zero-order valence-electron chi connectivity index (χ0n) is 13.6. The highest BCUT2D eigenvalue weighted by Crippen LogP contribution is 2.24. The Morgan fingerprint density at radius 1 is 0.818 bits per heavy atom. The van der Waals surface area contributed by atoms with E-state index in [1.165, 1.54) is 0 Å². The fourth-order valence-corrected chi connectivity index (χ4v) is 2.14. The van der Waals surface area contributed by atoms with Crippen molar-refractivity contribution in [1.29, 1.82) is 0 Å². The van der Waals surface area contributed by atoms with E-state index in [0.717, 1.165) is 28.3 Å². The molecule has 0 aliphatic carbocycles. The summed E-state index contributed by atoms with van der Waals surface area (Å²) >= 11 is 0. The molecule has 116 valence electrons. The molecular formula is C19H23NO2. The van der Waals surface area contributed by atoms with Gasteiger partial charge in [0, 0.05) is 17.8 Å². The van der Waals surface area contributed by atoms with E-state index in [4.69, 9.17) is 9.47 Å². The average molecular weight is 297 g/mol. The van der Waals surface area contributed by atoms with E-state index >= 15 is 0 Å². The Kier molecular flexibility index (Phi) is 5.48. The van der Waals surface area contributed by atoms with E-state index in [1.54, 1.807) is 14.2 Å². The zero-order valence-corrected chi connectivity index (χ0v) is 13.6. The van der Waals surface area contributed by atoms with Crippen LogP contribution < -0.4 is 14.8 Å². The first-order chi connectivity index (χ1) is 10.6. The van der Waals surface area contributed by atoms with Gasteiger partial charge in [0.1, 0.15) is 11.5 Å². The number of methoxy groups -OCH3 is 2. The monoisotopic (exact) mass is 297 g/mol. The molecule has 0 spiro atoms. The summed E-state index contributed by atoms with van der Waals surface area (Å²) in [5.41, 5.74) is 3.33. The van der Waals surface area contributed by atoms with Crippen LogP contribution in [0.5, 0.6) is 11.5 Å². The van der Waals surface area contributed by atoms with Crippen molar-refractivity contribution in [2.75, 3.05) is 19.5 Å². The van der Waals surface area contributed by atoms with Crippen LogP contribution in [0.4, 0.5) is 5.69 Å². The van der Waals surface area contributed by atoms with Gasteiger partial charge in [0.25, 0.3) is 0 Å². The molecule has 0 aliphatic rings. The van der Waals surface area contributed by atoms with E-state index in [9.17, 15) is 0 Å². The largest absolute Gasteiger partial charge is 0.497 e. The minimum Gasteiger partial charge on any atom is -0.497 e. The highest BCUT2D eigenvalue weighted by Gasteiger charge is 1.99. The van der Waals surface area contributed by atoms with Gasteiger partial charge < -0.3 is 14.8 Å². The maximum Gasteiger partial charge on any atom is 0.123 e. The average Bonchev–Trinajstić information content (AvgIpc) is 2.53. The minimum atomic E-state index is 0.436. The normalized spacial score (nSPS) is 11.0. The van der Waals surface area contributed by atoms with Gasteiger partial charge in [-0.1, -0.05) is 24.3 Å². The van der Waals surface area contributed by atoms with Gasteiger partial charge in [0.15, 0.2) is 0 Å². The first kappa shape index (κ1) is 16.0. The number of rotatable bonds is 6. The van der Waals surface area contributed by atoms with E-state index in [2.05, 4.69) is 55.6 Å². The van der Waals surface area contributed by atoms with E-state index < -0.39 is 0 Å². The summed E-state index contributed by atoms with van der Waals surface area (Å²) in [5, 5.41) is 3.38. The van der Waals surface area contributed by atoms with Crippen LogP contribution in [0, 0.1) is 0 Å². The number of nitrogens with one attached hydrogen (secondary N) is 1. The Balaban J connectivity index is 2.14. The fraction of sp³-hybridized carbons (Fsp3) is 0.263. The third kappa shape index (κ3) is 4.55.